The van der Waals surface area contributed by atoms with Crippen molar-refractivity contribution in [3.63, 3.8) is 0 Å². The number of aromatic nitrogens is 2. The molecule has 1 aromatic rings. The Labute approximate surface area is 98.3 Å². The second-order valence-electron chi connectivity index (χ2n) is 4.29. The Morgan fingerprint density at radius 1 is 1.44 bits per heavy atom. The van der Waals surface area contributed by atoms with Crippen molar-refractivity contribution < 1.29 is 0 Å². The first-order chi connectivity index (χ1) is 7.63. The van der Waals surface area contributed by atoms with Gasteiger partial charge in [0.2, 0.25) is 0 Å². The molecule has 16 heavy (non-hydrogen) atoms. The summed E-state index contributed by atoms with van der Waals surface area (Å²) in [6.45, 7) is 2.38. The molecule has 1 fully saturated rings. The Hall–Kier alpha value is -1.03. The van der Waals surface area contributed by atoms with Gasteiger partial charge in [0.15, 0.2) is 0 Å². The van der Waals surface area contributed by atoms with E-state index in [4.69, 9.17) is 11.6 Å². The molecular formula is C11H15ClN2O2. The van der Waals surface area contributed by atoms with Crippen molar-refractivity contribution in [3.8, 4) is 0 Å². The van der Waals surface area contributed by atoms with Gasteiger partial charge in [0.25, 0.3) is 5.56 Å². The van der Waals surface area contributed by atoms with E-state index in [1.54, 1.807) is 0 Å². The molecule has 1 saturated carbocycles. The van der Waals surface area contributed by atoms with Crippen molar-refractivity contribution in [1.29, 1.82) is 0 Å². The summed E-state index contributed by atoms with van der Waals surface area (Å²) in [5, 5.41) is 0.183. The lowest BCUT2D eigenvalue weighted by Gasteiger charge is -2.25. The summed E-state index contributed by atoms with van der Waals surface area (Å²) in [4.78, 5) is 26.1. The van der Waals surface area contributed by atoms with Crippen LogP contribution in [0.2, 0.25) is 5.15 Å². The number of aromatic amines is 1. The van der Waals surface area contributed by atoms with E-state index in [2.05, 4.69) is 4.98 Å². The van der Waals surface area contributed by atoms with E-state index in [0.29, 0.717) is 24.4 Å². The third-order valence-electron chi connectivity index (χ3n) is 3.25. The maximum absolute atomic E-state index is 12.0. The third kappa shape index (κ3) is 1.94. The van der Waals surface area contributed by atoms with Gasteiger partial charge in [-0.2, -0.15) is 0 Å². The highest BCUT2D eigenvalue weighted by Crippen LogP contribution is 2.27. The minimum atomic E-state index is -0.390. The zero-order valence-electron chi connectivity index (χ0n) is 9.25. The summed E-state index contributed by atoms with van der Waals surface area (Å²) < 4.78 is 1.29. The number of nitrogens with one attached hydrogen (secondary N) is 1. The second-order valence-corrected chi connectivity index (χ2v) is 4.67. The lowest BCUT2D eigenvalue weighted by Crippen LogP contribution is -2.40. The van der Waals surface area contributed by atoms with Crippen LogP contribution < -0.4 is 11.2 Å². The Morgan fingerprint density at radius 2 is 2.12 bits per heavy atom. The van der Waals surface area contributed by atoms with Crippen LogP contribution in [-0.4, -0.2) is 9.55 Å². The molecule has 1 aliphatic rings. The van der Waals surface area contributed by atoms with Gasteiger partial charge in [-0.25, -0.2) is 4.79 Å². The average Bonchev–Trinajstić information content (AvgIpc) is 2.14. The quantitative estimate of drug-likeness (QED) is 0.818. The Morgan fingerprint density at radius 3 is 2.62 bits per heavy atom. The molecule has 0 bridgehead atoms. The average molecular weight is 243 g/mol. The molecule has 0 radical (unpaired) electrons. The first-order valence-corrected chi connectivity index (χ1v) is 6.02. The number of hydrogen-bond donors (Lipinski definition) is 1. The Bertz CT molecular complexity index is 500. The summed E-state index contributed by atoms with van der Waals surface area (Å²) in [5.41, 5.74) is -0.122. The van der Waals surface area contributed by atoms with E-state index in [1.807, 2.05) is 6.92 Å². The number of H-pyrrole nitrogens is 1. The van der Waals surface area contributed by atoms with E-state index in [9.17, 15) is 9.59 Å². The van der Waals surface area contributed by atoms with Crippen molar-refractivity contribution in [1.82, 2.24) is 9.55 Å². The molecule has 0 aliphatic heterocycles. The third-order valence-corrected chi connectivity index (χ3v) is 3.57. The van der Waals surface area contributed by atoms with E-state index in [1.165, 1.54) is 11.0 Å². The van der Waals surface area contributed by atoms with Crippen LogP contribution in [0.1, 0.15) is 31.7 Å². The zero-order chi connectivity index (χ0) is 11.7. The lowest BCUT2D eigenvalue weighted by atomic mass is 9.85. The maximum Gasteiger partial charge on any atom is 0.329 e. The molecule has 0 amide bonds. The van der Waals surface area contributed by atoms with Crippen LogP contribution >= 0.6 is 11.6 Å². The molecule has 88 valence electrons. The molecule has 0 spiro atoms. The highest BCUT2D eigenvalue weighted by Gasteiger charge is 2.20. The molecule has 0 saturated heterocycles. The number of nitrogens with zero attached hydrogens (tertiary/aromatic N) is 1. The van der Waals surface area contributed by atoms with Gasteiger partial charge in [-0.1, -0.05) is 24.9 Å². The minimum absolute atomic E-state index is 0.183. The standard InChI is InChI=1S/C11H15ClN2O2/c1-2-8-9(12)13-11(16)14(10(8)15)6-7-4-3-5-7/h7H,2-6H2,1H3,(H,13,16). The van der Waals surface area contributed by atoms with Gasteiger partial charge in [0, 0.05) is 6.54 Å². The normalized spacial score (nSPS) is 16.1. The topological polar surface area (TPSA) is 54.9 Å². The van der Waals surface area contributed by atoms with Crippen LogP contribution in [0.5, 0.6) is 0 Å². The van der Waals surface area contributed by atoms with E-state index >= 15 is 0 Å². The summed E-state index contributed by atoms with van der Waals surface area (Å²) in [6.07, 6.45) is 3.95. The van der Waals surface area contributed by atoms with Crippen molar-refractivity contribution >= 4 is 11.6 Å². The fourth-order valence-corrected chi connectivity index (χ4v) is 2.29. The van der Waals surface area contributed by atoms with Crippen LogP contribution in [0.4, 0.5) is 0 Å². The molecule has 0 aromatic carbocycles. The predicted octanol–water partition coefficient (Wildman–Crippen LogP) is 1.55. The van der Waals surface area contributed by atoms with E-state index in [-0.39, 0.29) is 16.4 Å². The molecule has 1 aliphatic carbocycles. The monoisotopic (exact) mass is 242 g/mol. The van der Waals surface area contributed by atoms with Gasteiger partial charge >= 0.3 is 5.69 Å². The molecule has 2 rings (SSSR count). The van der Waals surface area contributed by atoms with Crippen LogP contribution in [0.15, 0.2) is 9.59 Å². The molecule has 1 N–H and O–H groups in total. The molecule has 5 heteroatoms. The molecule has 1 aromatic heterocycles. The van der Waals surface area contributed by atoms with E-state index in [0.717, 1.165) is 12.8 Å². The second kappa shape index (κ2) is 4.45. The number of halogens is 1. The highest BCUT2D eigenvalue weighted by atomic mass is 35.5. The fourth-order valence-electron chi connectivity index (χ4n) is 1.99. The first kappa shape index (κ1) is 11.5. The Balaban J connectivity index is 2.43. The van der Waals surface area contributed by atoms with Gasteiger partial charge in [0.05, 0.1) is 5.56 Å². The van der Waals surface area contributed by atoms with Crippen LogP contribution in [0.25, 0.3) is 0 Å². The summed E-state index contributed by atoms with van der Waals surface area (Å²) in [5.74, 6) is 0.477. The summed E-state index contributed by atoms with van der Waals surface area (Å²) >= 11 is 5.82. The molecule has 0 atom stereocenters. The summed E-state index contributed by atoms with van der Waals surface area (Å²) in [6, 6.07) is 0. The van der Waals surface area contributed by atoms with Gasteiger partial charge in [0.1, 0.15) is 5.15 Å². The van der Waals surface area contributed by atoms with Crippen molar-refractivity contribution in [2.24, 2.45) is 5.92 Å². The first-order valence-electron chi connectivity index (χ1n) is 5.65. The van der Waals surface area contributed by atoms with Crippen LogP contribution in [0.3, 0.4) is 0 Å². The highest BCUT2D eigenvalue weighted by molar-refractivity contribution is 6.30. The molecule has 0 unspecified atom stereocenters. The summed E-state index contributed by atoms with van der Waals surface area (Å²) in [7, 11) is 0. The number of hydrogen-bond acceptors (Lipinski definition) is 2. The smallest absolute Gasteiger partial charge is 0.297 e. The predicted molar refractivity (Wildman–Crippen MR) is 63.1 cm³/mol. The molecule has 1 heterocycles. The molecular weight excluding hydrogens is 228 g/mol. The SMILES string of the molecule is CCc1c(Cl)[nH]c(=O)n(CC2CCC2)c1=O. The Kier molecular flexibility index (Phi) is 3.19. The van der Waals surface area contributed by atoms with Gasteiger partial charge in [-0.15, -0.1) is 0 Å². The fraction of sp³-hybridized carbons (Fsp3) is 0.636. The molecule has 4 nitrogen and oxygen atoms in total. The van der Waals surface area contributed by atoms with Crippen molar-refractivity contribution in [2.45, 2.75) is 39.2 Å². The van der Waals surface area contributed by atoms with Crippen LogP contribution in [-0.2, 0) is 13.0 Å². The number of rotatable bonds is 3. The van der Waals surface area contributed by atoms with Crippen molar-refractivity contribution in [2.75, 3.05) is 0 Å². The zero-order valence-corrected chi connectivity index (χ0v) is 10.0. The van der Waals surface area contributed by atoms with Gasteiger partial charge < -0.3 is 0 Å². The van der Waals surface area contributed by atoms with Crippen LogP contribution in [0, 0.1) is 5.92 Å². The van der Waals surface area contributed by atoms with Gasteiger partial charge in [-0.3, -0.25) is 14.3 Å². The van der Waals surface area contributed by atoms with Gasteiger partial charge in [-0.05, 0) is 25.2 Å². The lowest BCUT2D eigenvalue weighted by molar-refractivity contribution is 0.269. The largest absolute Gasteiger partial charge is 0.329 e. The van der Waals surface area contributed by atoms with Crippen molar-refractivity contribution in [3.05, 3.63) is 31.6 Å². The minimum Gasteiger partial charge on any atom is -0.297 e. The maximum atomic E-state index is 12.0. The van der Waals surface area contributed by atoms with E-state index < -0.39 is 0 Å².